The lowest BCUT2D eigenvalue weighted by molar-refractivity contribution is -0.107. The lowest BCUT2D eigenvalue weighted by Crippen LogP contribution is -1.80. The first-order valence-electron chi connectivity index (χ1n) is 4.96. The van der Waals surface area contributed by atoms with E-state index in [1.54, 1.807) is 6.07 Å². The molecule has 0 aliphatic heterocycles. The van der Waals surface area contributed by atoms with Crippen molar-refractivity contribution >= 4 is 17.1 Å². The van der Waals surface area contributed by atoms with Gasteiger partial charge in [-0.15, -0.1) is 0 Å². The Morgan fingerprint density at radius 3 is 2.81 bits per heavy atom. The Hall–Kier alpha value is -2.27. The molecule has 0 radical (unpaired) electrons. The lowest BCUT2D eigenvalue weighted by Gasteiger charge is -2.02. The zero-order valence-corrected chi connectivity index (χ0v) is 8.60. The molecule has 1 N–H and O–H groups in total. The number of rotatable bonds is 1. The Bertz CT molecular complexity index is 588. The van der Waals surface area contributed by atoms with Gasteiger partial charge in [-0.1, -0.05) is 42.2 Å². The highest BCUT2D eigenvalue weighted by Crippen LogP contribution is 2.27. The average Bonchev–Trinajstić information content (AvgIpc) is 2.33. The monoisotopic (exact) mass is 210 g/mol. The van der Waals surface area contributed by atoms with Crippen LogP contribution in [-0.4, -0.2) is 11.4 Å². The molecule has 0 aliphatic rings. The smallest absolute Gasteiger partial charge is 0.139 e. The van der Waals surface area contributed by atoms with Gasteiger partial charge in [0.25, 0.3) is 0 Å². The van der Waals surface area contributed by atoms with Crippen LogP contribution in [0.3, 0.4) is 0 Å². The molecule has 0 aliphatic carbocycles. The average molecular weight is 210 g/mol. The van der Waals surface area contributed by atoms with Crippen LogP contribution in [0.5, 0.6) is 5.75 Å². The van der Waals surface area contributed by atoms with Gasteiger partial charge < -0.3 is 9.90 Å². The third-order valence-electron chi connectivity index (χ3n) is 2.31. The molecule has 0 aromatic heterocycles. The third-order valence-corrected chi connectivity index (χ3v) is 2.31. The van der Waals surface area contributed by atoms with Gasteiger partial charge in [0.1, 0.15) is 12.0 Å². The fourth-order valence-corrected chi connectivity index (χ4v) is 1.54. The maximum absolute atomic E-state index is 10.1. The highest BCUT2D eigenvalue weighted by Gasteiger charge is 2.02. The molecular weight excluding hydrogens is 200 g/mol. The normalized spacial score (nSPS) is 9.50. The van der Waals surface area contributed by atoms with Crippen LogP contribution in [0.25, 0.3) is 10.8 Å². The van der Waals surface area contributed by atoms with Crippen LogP contribution in [0.1, 0.15) is 12.0 Å². The van der Waals surface area contributed by atoms with Gasteiger partial charge in [0.15, 0.2) is 0 Å². The molecule has 0 heterocycles. The van der Waals surface area contributed by atoms with Gasteiger partial charge >= 0.3 is 0 Å². The standard InChI is InChI=1S/C14H10O2/c15-10-4-3-6-12-9-8-11-5-1-2-7-13(11)14(12)16/h1-2,5,7-10,16H,4H2. The lowest BCUT2D eigenvalue weighted by atomic mass is 10.1. The first-order chi connectivity index (χ1) is 7.83. The Morgan fingerprint density at radius 2 is 2.00 bits per heavy atom. The van der Waals surface area contributed by atoms with Gasteiger partial charge in [0.2, 0.25) is 0 Å². The van der Waals surface area contributed by atoms with Crippen molar-refractivity contribution in [1.29, 1.82) is 0 Å². The molecule has 0 atom stereocenters. The number of phenolic OH excluding ortho intramolecular Hbond substituents is 1. The second kappa shape index (κ2) is 4.50. The van der Waals surface area contributed by atoms with Crippen molar-refractivity contribution in [2.24, 2.45) is 0 Å². The van der Waals surface area contributed by atoms with Crippen LogP contribution in [0.4, 0.5) is 0 Å². The molecule has 2 aromatic carbocycles. The summed E-state index contributed by atoms with van der Waals surface area (Å²) in [7, 11) is 0. The predicted octanol–water partition coefficient (Wildman–Crippen LogP) is 2.49. The number of carbonyl (C=O) groups excluding carboxylic acids is 1. The summed E-state index contributed by atoms with van der Waals surface area (Å²) in [5.74, 6) is 5.63. The van der Waals surface area contributed by atoms with Gasteiger partial charge in [0, 0.05) is 5.39 Å². The molecule has 0 saturated carbocycles. The summed E-state index contributed by atoms with van der Waals surface area (Å²) in [6.45, 7) is 0. The van der Waals surface area contributed by atoms with Gasteiger partial charge in [-0.05, 0) is 11.5 Å². The van der Waals surface area contributed by atoms with E-state index < -0.39 is 0 Å². The minimum absolute atomic E-state index is 0.177. The van der Waals surface area contributed by atoms with E-state index in [2.05, 4.69) is 11.8 Å². The number of fused-ring (bicyclic) bond motifs is 1. The van der Waals surface area contributed by atoms with Gasteiger partial charge in [0.05, 0.1) is 12.0 Å². The molecule has 16 heavy (non-hydrogen) atoms. The van der Waals surface area contributed by atoms with Crippen LogP contribution in [0.2, 0.25) is 0 Å². The fraction of sp³-hybridized carbons (Fsp3) is 0.0714. The van der Waals surface area contributed by atoms with Crippen LogP contribution in [0, 0.1) is 11.8 Å². The molecule has 2 rings (SSSR count). The second-order valence-electron chi connectivity index (χ2n) is 3.36. The summed E-state index contributed by atoms with van der Waals surface area (Å²) < 4.78 is 0. The first kappa shape index (κ1) is 10.3. The highest BCUT2D eigenvalue weighted by molar-refractivity contribution is 5.90. The Balaban J connectivity index is 2.53. The summed E-state index contributed by atoms with van der Waals surface area (Å²) in [6, 6.07) is 11.2. The van der Waals surface area contributed by atoms with E-state index in [9.17, 15) is 9.90 Å². The quantitative estimate of drug-likeness (QED) is 0.580. The van der Waals surface area contributed by atoms with E-state index in [1.165, 1.54) is 0 Å². The van der Waals surface area contributed by atoms with E-state index in [1.807, 2.05) is 30.3 Å². The van der Waals surface area contributed by atoms with Crippen molar-refractivity contribution in [1.82, 2.24) is 0 Å². The Morgan fingerprint density at radius 1 is 1.19 bits per heavy atom. The van der Waals surface area contributed by atoms with E-state index in [-0.39, 0.29) is 12.2 Å². The van der Waals surface area contributed by atoms with E-state index in [0.29, 0.717) is 5.56 Å². The number of hydrogen-bond acceptors (Lipinski definition) is 2. The van der Waals surface area contributed by atoms with Crippen molar-refractivity contribution in [3.05, 3.63) is 42.0 Å². The molecular formula is C14H10O2. The first-order valence-corrected chi connectivity index (χ1v) is 4.96. The molecule has 0 saturated heterocycles. The summed E-state index contributed by atoms with van der Waals surface area (Å²) in [6.07, 6.45) is 0.928. The number of benzene rings is 2. The van der Waals surface area contributed by atoms with Crippen LogP contribution in [-0.2, 0) is 4.79 Å². The number of aldehydes is 1. The van der Waals surface area contributed by atoms with Crippen LogP contribution < -0.4 is 0 Å². The summed E-state index contributed by atoms with van der Waals surface area (Å²) in [5.41, 5.74) is 0.556. The minimum Gasteiger partial charge on any atom is -0.506 e. The maximum Gasteiger partial charge on any atom is 0.139 e. The van der Waals surface area contributed by atoms with Crippen molar-refractivity contribution in [2.45, 2.75) is 6.42 Å². The minimum atomic E-state index is 0.177. The highest BCUT2D eigenvalue weighted by atomic mass is 16.3. The number of aromatic hydroxyl groups is 1. The summed E-state index contributed by atoms with van der Waals surface area (Å²) in [4.78, 5) is 10.1. The number of carbonyl (C=O) groups is 1. The molecule has 0 fully saturated rings. The zero-order chi connectivity index (χ0) is 11.4. The van der Waals surface area contributed by atoms with E-state index in [4.69, 9.17) is 0 Å². The summed E-state index contributed by atoms with van der Waals surface area (Å²) >= 11 is 0. The third kappa shape index (κ3) is 1.89. The molecule has 0 bridgehead atoms. The Labute approximate surface area is 93.5 Å². The van der Waals surface area contributed by atoms with Crippen molar-refractivity contribution in [3.63, 3.8) is 0 Å². The number of hydrogen-bond donors (Lipinski definition) is 1. The van der Waals surface area contributed by atoms with Gasteiger partial charge in [-0.25, -0.2) is 0 Å². The van der Waals surface area contributed by atoms with Gasteiger partial charge in [-0.2, -0.15) is 0 Å². The largest absolute Gasteiger partial charge is 0.506 e. The molecule has 78 valence electrons. The fourth-order valence-electron chi connectivity index (χ4n) is 1.54. The van der Waals surface area contributed by atoms with Gasteiger partial charge in [-0.3, -0.25) is 0 Å². The summed E-state index contributed by atoms with van der Waals surface area (Å²) in [5, 5.41) is 11.7. The molecule has 2 nitrogen and oxygen atoms in total. The van der Waals surface area contributed by atoms with Crippen molar-refractivity contribution < 1.29 is 9.90 Å². The predicted molar refractivity (Wildman–Crippen MR) is 63.2 cm³/mol. The van der Waals surface area contributed by atoms with Crippen LogP contribution in [0.15, 0.2) is 36.4 Å². The zero-order valence-electron chi connectivity index (χ0n) is 8.60. The molecule has 2 aromatic rings. The number of phenols is 1. The van der Waals surface area contributed by atoms with E-state index in [0.717, 1.165) is 17.1 Å². The van der Waals surface area contributed by atoms with Crippen molar-refractivity contribution in [3.8, 4) is 17.6 Å². The second-order valence-corrected chi connectivity index (χ2v) is 3.36. The SMILES string of the molecule is O=CCC#Cc1ccc2ccccc2c1O. The molecule has 0 unspecified atom stereocenters. The van der Waals surface area contributed by atoms with Crippen LogP contribution >= 0.6 is 0 Å². The maximum atomic E-state index is 10.1. The van der Waals surface area contributed by atoms with Crippen molar-refractivity contribution in [2.75, 3.05) is 0 Å². The molecule has 0 amide bonds. The molecule has 0 spiro atoms. The Kier molecular flexibility index (Phi) is 2.88. The molecule has 2 heteroatoms. The topological polar surface area (TPSA) is 37.3 Å². The van der Waals surface area contributed by atoms with E-state index >= 15 is 0 Å².